The number of fused-ring (bicyclic) bond motifs is 3. The largest absolute Gasteiger partial charge is 0.478 e. The highest BCUT2D eigenvalue weighted by molar-refractivity contribution is 8.01. The molecular weight excluding hydrogens is 212 g/mol. The quantitative estimate of drug-likeness (QED) is 0.779. The number of hydrogen-bond acceptors (Lipinski definition) is 4. The van der Waals surface area contributed by atoms with Gasteiger partial charge in [0.05, 0.1) is 16.8 Å². The number of nitrogens with zero attached hydrogens (tertiary/aromatic N) is 2. The van der Waals surface area contributed by atoms with Crippen molar-refractivity contribution in [3.05, 3.63) is 29.5 Å². The molecule has 3 heterocycles. The fourth-order valence-electron chi connectivity index (χ4n) is 1.72. The number of carboxylic acid groups (broad SMARTS) is 1. The predicted octanol–water partition coefficient (Wildman–Crippen LogP) is 1.64. The van der Waals surface area contributed by atoms with Gasteiger partial charge in [-0.2, -0.15) is 0 Å². The second-order valence-electron chi connectivity index (χ2n) is 3.46. The smallest absolute Gasteiger partial charge is 0.337 e. The topological polar surface area (TPSA) is 53.4 Å². The lowest BCUT2D eigenvalue weighted by atomic mass is 10.1. The first-order chi connectivity index (χ1) is 7.25. The monoisotopic (exact) mass is 220 g/mol. The first-order valence-electron chi connectivity index (χ1n) is 4.55. The van der Waals surface area contributed by atoms with Crippen molar-refractivity contribution in [2.45, 2.75) is 5.37 Å². The van der Waals surface area contributed by atoms with Crippen molar-refractivity contribution in [1.29, 1.82) is 0 Å². The van der Waals surface area contributed by atoms with Crippen LogP contribution in [0, 0.1) is 0 Å². The number of thioether (sulfide) groups is 1. The molecule has 1 fully saturated rings. The van der Waals surface area contributed by atoms with E-state index < -0.39 is 5.97 Å². The van der Waals surface area contributed by atoms with Crippen molar-refractivity contribution < 1.29 is 9.90 Å². The van der Waals surface area contributed by atoms with Crippen LogP contribution >= 0.6 is 11.8 Å². The molecule has 15 heavy (non-hydrogen) atoms. The minimum absolute atomic E-state index is 0.241. The maximum absolute atomic E-state index is 10.8. The lowest BCUT2D eigenvalue weighted by Gasteiger charge is -2.42. The molecule has 76 valence electrons. The number of carboxylic acids is 1. The van der Waals surface area contributed by atoms with E-state index in [-0.39, 0.29) is 5.56 Å². The third-order valence-corrected chi connectivity index (χ3v) is 3.73. The molecule has 1 saturated heterocycles. The summed E-state index contributed by atoms with van der Waals surface area (Å²) in [6.45, 7) is 0. The van der Waals surface area contributed by atoms with Crippen LogP contribution < -0.4 is 4.90 Å². The Balaban J connectivity index is 2.08. The van der Waals surface area contributed by atoms with Gasteiger partial charge in [0, 0.05) is 11.8 Å². The van der Waals surface area contributed by atoms with E-state index in [4.69, 9.17) is 5.11 Å². The Bertz CT molecular complexity index is 472. The Hall–Kier alpha value is -1.49. The van der Waals surface area contributed by atoms with Crippen molar-refractivity contribution in [2.75, 3.05) is 10.8 Å². The molecule has 0 bridgehead atoms. The van der Waals surface area contributed by atoms with Gasteiger partial charge in [-0.15, -0.1) is 11.8 Å². The molecule has 1 unspecified atom stereocenters. The maximum atomic E-state index is 10.8. The fraction of sp³-hybridized carbons (Fsp3) is 0.200. The van der Waals surface area contributed by atoms with Crippen LogP contribution in [0.1, 0.15) is 15.9 Å². The molecule has 0 saturated carbocycles. The average Bonchev–Trinajstić information content (AvgIpc) is 2.17. The summed E-state index contributed by atoms with van der Waals surface area (Å²) >= 11 is 1.85. The van der Waals surface area contributed by atoms with Gasteiger partial charge >= 0.3 is 5.97 Å². The number of carbonyl (C=O) groups is 1. The Morgan fingerprint density at radius 1 is 1.67 bits per heavy atom. The van der Waals surface area contributed by atoms with Gasteiger partial charge in [0.2, 0.25) is 0 Å². The third kappa shape index (κ3) is 1.23. The highest BCUT2D eigenvalue weighted by atomic mass is 32.2. The first kappa shape index (κ1) is 8.79. The van der Waals surface area contributed by atoms with Gasteiger partial charge in [-0.25, -0.2) is 9.78 Å². The van der Waals surface area contributed by atoms with Crippen molar-refractivity contribution in [3.8, 4) is 0 Å². The van der Waals surface area contributed by atoms with Crippen molar-refractivity contribution in [3.63, 3.8) is 0 Å². The van der Waals surface area contributed by atoms with Gasteiger partial charge in [0.15, 0.2) is 0 Å². The summed E-state index contributed by atoms with van der Waals surface area (Å²) in [6.07, 6.45) is 5.44. The molecule has 0 aliphatic carbocycles. The lowest BCUT2D eigenvalue weighted by molar-refractivity contribution is 0.0696. The summed E-state index contributed by atoms with van der Waals surface area (Å²) in [6, 6.07) is 1.67. The molecule has 5 heteroatoms. The van der Waals surface area contributed by atoms with E-state index in [1.54, 1.807) is 6.07 Å². The number of rotatable bonds is 1. The predicted molar refractivity (Wildman–Crippen MR) is 59.0 cm³/mol. The Morgan fingerprint density at radius 3 is 3.20 bits per heavy atom. The van der Waals surface area contributed by atoms with Crippen LogP contribution in [0.2, 0.25) is 0 Å². The number of aromatic carboxylic acids is 1. The van der Waals surface area contributed by atoms with Crippen molar-refractivity contribution >= 4 is 29.6 Å². The molecule has 1 N–H and O–H groups in total. The first-order valence-corrected chi connectivity index (χ1v) is 5.60. The van der Waals surface area contributed by atoms with E-state index in [0.717, 1.165) is 17.3 Å². The van der Waals surface area contributed by atoms with Gasteiger partial charge in [0.1, 0.15) is 5.82 Å². The van der Waals surface area contributed by atoms with Crippen LogP contribution in [0.3, 0.4) is 0 Å². The molecule has 1 aromatic rings. The number of aromatic nitrogens is 1. The minimum Gasteiger partial charge on any atom is -0.478 e. The van der Waals surface area contributed by atoms with Gasteiger partial charge in [-0.1, -0.05) is 12.2 Å². The molecule has 2 aliphatic heterocycles. The molecule has 2 aliphatic rings. The number of pyridine rings is 1. The molecule has 1 aromatic heterocycles. The van der Waals surface area contributed by atoms with E-state index >= 15 is 0 Å². The zero-order valence-corrected chi connectivity index (χ0v) is 8.57. The molecule has 0 amide bonds. The van der Waals surface area contributed by atoms with Crippen LogP contribution in [-0.4, -0.2) is 27.3 Å². The summed E-state index contributed by atoms with van der Waals surface area (Å²) in [7, 11) is 0. The molecule has 3 rings (SSSR count). The van der Waals surface area contributed by atoms with Gasteiger partial charge in [-0.3, -0.25) is 0 Å². The van der Waals surface area contributed by atoms with E-state index in [1.807, 2.05) is 17.8 Å². The maximum Gasteiger partial charge on any atom is 0.337 e. The lowest BCUT2D eigenvalue weighted by Crippen LogP contribution is -2.43. The standard InChI is InChI=1S/C10H8N2O2S/c13-10(14)7-3-6-1-2-8-12(5-15-8)9(6)11-4-7/h1-4,8H,5H2,(H,13,14). The van der Waals surface area contributed by atoms with Crippen molar-refractivity contribution in [2.24, 2.45) is 0 Å². The van der Waals surface area contributed by atoms with E-state index in [0.29, 0.717) is 5.37 Å². The van der Waals surface area contributed by atoms with Gasteiger partial charge in [-0.05, 0) is 6.07 Å². The highest BCUT2D eigenvalue weighted by Crippen LogP contribution is 2.39. The molecule has 0 radical (unpaired) electrons. The highest BCUT2D eigenvalue weighted by Gasteiger charge is 2.32. The fourth-order valence-corrected chi connectivity index (χ4v) is 2.60. The summed E-state index contributed by atoms with van der Waals surface area (Å²) in [5.74, 6) is 0.895. The van der Waals surface area contributed by atoms with Crippen LogP contribution in [0.15, 0.2) is 18.3 Å². The summed E-state index contributed by atoms with van der Waals surface area (Å²) < 4.78 is 0. The van der Waals surface area contributed by atoms with Crippen LogP contribution in [0.25, 0.3) is 6.08 Å². The second-order valence-corrected chi connectivity index (χ2v) is 4.53. The third-order valence-electron chi connectivity index (χ3n) is 2.55. The Kier molecular flexibility index (Phi) is 1.76. The summed E-state index contributed by atoms with van der Waals surface area (Å²) in [5, 5.41) is 9.23. The zero-order valence-electron chi connectivity index (χ0n) is 7.75. The Morgan fingerprint density at radius 2 is 2.53 bits per heavy atom. The second kappa shape index (κ2) is 3.00. The molecule has 4 nitrogen and oxygen atoms in total. The summed E-state index contributed by atoms with van der Waals surface area (Å²) in [5.41, 5.74) is 1.14. The molecular formula is C10H8N2O2S. The van der Waals surface area contributed by atoms with Gasteiger partial charge in [0.25, 0.3) is 0 Å². The molecule has 0 aromatic carbocycles. The van der Waals surface area contributed by atoms with Gasteiger partial charge < -0.3 is 10.0 Å². The molecule has 1 atom stereocenters. The molecule has 0 spiro atoms. The average molecular weight is 220 g/mol. The van der Waals surface area contributed by atoms with E-state index in [9.17, 15) is 4.79 Å². The van der Waals surface area contributed by atoms with E-state index in [2.05, 4.69) is 16.0 Å². The summed E-state index contributed by atoms with van der Waals surface area (Å²) in [4.78, 5) is 17.1. The SMILES string of the molecule is O=C(O)c1cnc2c(c1)C=CC1SCN21. The zero-order chi connectivity index (χ0) is 10.4. The van der Waals surface area contributed by atoms with Crippen LogP contribution in [0.5, 0.6) is 0 Å². The van der Waals surface area contributed by atoms with E-state index in [1.165, 1.54) is 6.20 Å². The number of hydrogen-bond donors (Lipinski definition) is 1. The Labute approximate surface area is 90.6 Å². The van der Waals surface area contributed by atoms with Crippen molar-refractivity contribution in [1.82, 2.24) is 4.98 Å². The minimum atomic E-state index is -0.932. The number of anilines is 1. The normalized spacial score (nSPS) is 21.6. The van der Waals surface area contributed by atoms with Crippen LogP contribution in [-0.2, 0) is 0 Å². The van der Waals surface area contributed by atoms with Crippen LogP contribution in [0.4, 0.5) is 5.82 Å².